The van der Waals surface area contributed by atoms with Crippen molar-refractivity contribution in [3.63, 3.8) is 0 Å². The van der Waals surface area contributed by atoms with Gasteiger partial charge < -0.3 is 14.4 Å². The molecule has 1 fully saturated rings. The van der Waals surface area contributed by atoms with Crippen LogP contribution >= 0.6 is 0 Å². The molecule has 0 saturated carbocycles. The molecule has 0 aromatic heterocycles. The van der Waals surface area contributed by atoms with E-state index in [0.717, 1.165) is 32.1 Å². The number of carbonyl (C=O) groups excluding carboxylic acids is 1. The lowest BCUT2D eigenvalue weighted by atomic mass is 9.82. The summed E-state index contributed by atoms with van der Waals surface area (Å²) in [5.41, 5.74) is 0. The third-order valence-corrected chi connectivity index (χ3v) is 8.16. The van der Waals surface area contributed by atoms with Gasteiger partial charge in [0.2, 0.25) is 0 Å². The minimum atomic E-state index is -2.17. The van der Waals surface area contributed by atoms with Gasteiger partial charge in [0.05, 0.1) is 6.04 Å². The number of carbonyl (C=O) groups is 1. The van der Waals surface area contributed by atoms with Gasteiger partial charge in [0.1, 0.15) is 6.29 Å². The zero-order valence-corrected chi connectivity index (χ0v) is 12.9. The molecule has 1 rings (SSSR count). The Morgan fingerprint density at radius 3 is 2.59 bits per heavy atom. The molecule has 1 aliphatic rings. The fourth-order valence-electron chi connectivity index (χ4n) is 2.63. The van der Waals surface area contributed by atoms with Crippen molar-refractivity contribution in [2.45, 2.75) is 57.3 Å². The Labute approximate surface area is 107 Å². The molecule has 0 aromatic rings. The molecule has 0 bridgehead atoms. The van der Waals surface area contributed by atoms with Gasteiger partial charge in [-0.3, -0.25) is 0 Å². The molecule has 2 unspecified atom stereocenters. The Bertz CT molecular complexity index is 278. The largest absolute Gasteiger partial charge is 0.432 e. The maximum absolute atomic E-state index is 11.2. The lowest BCUT2D eigenvalue weighted by Gasteiger charge is -2.43. The minimum Gasteiger partial charge on any atom is -0.432 e. The van der Waals surface area contributed by atoms with Crippen LogP contribution in [0.1, 0.15) is 33.1 Å². The highest BCUT2D eigenvalue weighted by atomic mass is 28.4. The highest BCUT2D eigenvalue weighted by molar-refractivity contribution is 6.72. The Morgan fingerprint density at radius 2 is 2.12 bits per heavy atom. The van der Waals surface area contributed by atoms with Gasteiger partial charge in [-0.1, -0.05) is 13.8 Å². The van der Waals surface area contributed by atoms with Crippen molar-refractivity contribution < 1.29 is 9.59 Å². The van der Waals surface area contributed by atoms with Crippen molar-refractivity contribution in [3.8, 4) is 0 Å². The maximum atomic E-state index is 11.2. The molecule has 3 nitrogen and oxygen atoms in total. The molecule has 0 amide bonds. The molecule has 1 heterocycles. The van der Waals surface area contributed by atoms with Gasteiger partial charge in [-0.05, 0) is 49.9 Å². The zero-order chi connectivity index (χ0) is 13.3. The highest BCUT2D eigenvalue weighted by Crippen LogP contribution is 2.44. The summed E-state index contributed by atoms with van der Waals surface area (Å²) in [5.74, 6) is 0.403. The van der Waals surface area contributed by atoms with E-state index < -0.39 is 8.32 Å². The SMILES string of the molecule is BN1CCCC(CC(C)(C)[Si](C)(C)O)C1C=O. The Kier molecular flexibility index (Phi) is 4.61. The fraction of sp³-hybridized carbons (Fsp3) is 0.917. The normalized spacial score (nSPS) is 28.1. The molecule has 98 valence electrons. The Hall–Kier alpha value is -0.128. The number of rotatable bonds is 4. The first kappa shape index (κ1) is 14.9. The summed E-state index contributed by atoms with van der Waals surface area (Å²) in [4.78, 5) is 23.7. The van der Waals surface area contributed by atoms with Crippen LogP contribution in [0.5, 0.6) is 0 Å². The Balaban J connectivity index is 2.75. The molecule has 1 saturated heterocycles. The van der Waals surface area contributed by atoms with Gasteiger partial charge in [-0.2, -0.15) is 0 Å². The predicted molar refractivity (Wildman–Crippen MR) is 76.2 cm³/mol. The first-order chi connectivity index (χ1) is 7.69. The Morgan fingerprint density at radius 1 is 1.53 bits per heavy atom. The van der Waals surface area contributed by atoms with E-state index in [9.17, 15) is 9.59 Å². The van der Waals surface area contributed by atoms with Crippen molar-refractivity contribution in [2.75, 3.05) is 6.54 Å². The van der Waals surface area contributed by atoms with Crippen molar-refractivity contribution in [2.24, 2.45) is 5.92 Å². The van der Waals surface area contributed by atoms with E-state index in [0.29, 0.717) is 5.92 Å². The van der Waals surface area contributed by atoms with Gasteiger partial charge in [0, 0.05) is 0 Å². The summed E-state index contributed by atoms with van der Waals surface area (Å²) in [6.45, 7) is 9.30. The number of hydrogen-bond donors (Lipinski definition) is 1. The first-order valence-electron chi connectivity index (χ1n) is 6.57. The third kappa shape index (κ3) is 3.42. The second-order valence-corrected chi connectivity index (χ2v) is 11.1. The molecule has 5 heteroatoms. The summed E-state index contributed by atoms with van der Waals surface area (Å²) < 4.78 is 0. The van der Waals surface area contributed by atoms with E-state index in [4.69, 9.17) is 0 Å². The topological polar surface area (TPSA) is 40.5 Å². The summed E-state index contributed by atoms with van der Waals surface area (Å²) in [5, 5.41) is -0.0306. The van der Waals surface area contributed by atoms with Crippen LogP contribution < -0.4 is 0 Å². The summed E-state index contributed by atoms with van der Waals surface area (Å²) in [6, 6.07) is 0.0411. The van der Waals surface area contributed by atoms with Crippen LogP contribution in [-0.2, 0) is 4.79 Å². The van der Waals surface area contributed by atoms with E-state index in [-0.39, 0.29) is 11.1 Å². The average Bonchev–Trinajstić information content (AvgIpc) is 2.15. The summed E-state index contributed by atoms with van der Waals surface area (Å²) in [6.07, 6.45) is 4.32. The van der Waals surface area contributed by atoms with E-state index in [2.05, 4.69) is 18.7 Å². The van der Waals surface area contributed by atoms with Crippen LogP contribution in [0.15, 0.2) is 0 Å². The molecule has 2 atom stereocenters. The van der Waals surface area contributed by atoms with Crippen LogP contribution in [0, 0.1) is 5.92 Å². The molecule has 0 radical (unpaired) electrons. The number of piperidine rings is 1. The van der Waals surface area contributed by atoms with E-state index in [1.54, 1.807) is 0 Å². The van der Waals surface area contributed by atoms with Crippen molar-refractivity contribution >= 4 is 22.6 Å². The van der Waals surface area contributed by atoms with Crippen LogP contribution in [0.2, 0.25) is 18.1 Å². The van der Waals surface area contributed by atoms with Crippen LogP contribution in [0.25, 0.3) is 0 Å². The second-order valence-electron chi connectivity index (χ2n) is 6.66. The van der Waals surface area contributed by atoms with Gasteiger partial charge in [0.15, 0.2) is 16.3 Å². The molecule has 0 aromatic carbocycles. The number of hydrogen-bond acceptors (Lipinski definition) is 3. The smallest absolute Gasteiger partial charge is 0.188 e. The highest BCUT2D eigenvalue weighted by Gasteiger charge is 2.42. The molecule has 1 N–H and O–H groups in total. The second kappa shape index (κ2) is 5.24. The summed E-state index contributed by atoms with van der Waals surface area (Å²) in [7, 11) is -0.140. The molecular weight excluding hydrogens is 229 g/mol. The molecule has 0 spiro atoms. The number of nitrogens with zero attached hydrogens (tertiary/aromatic N) is 1. The van der Waals surface area contributed by atoms with E-state index in [1.165, 1.54) is 0 Å². The average molecular weight is 255 g/mol. The van der Waals surface area contributed by atoms with Gasteiger partial charge in [-0.25, -0.2) is 0 Å². The monoisotopic (exact) mass is 255 g/mol. The first-order valence-corrected chi connectivity index (χ1v) is 9.51. The molecule has 1 aliphatic heterocycles. The maximum Gasteiger partial charge on any atom is 0.188 e. The van der Waals surface area contributed by atoms with Crippen LogP contribution in [-0.4, -0.2) is 44.8 Å². The quantitative estimate of drug-likeness (QED) is 0.606. The van der Waals surface area contributed by atoms with Crippen molar-refractivity contribution in [1.82, 2.24) is 4.81 Å². The predicted octanol–water partition coefficient (Wildman–Crippen LogP) is 1.18. The third-order valence-electron chi connectivity index (χ3n) is 4.65. The van der Waals surface area contributed by atoms with Crippen molar-refractivity contribution in [3.05, 3.63) is 0 Å². The lowest BCUT2D eigenvalue weighted by molar-refractivity contribution is -0.113. The molecule has 17 heavy (non-hydrogen) atoms. The van der Waals surface area contributed by atoms with Crippen LogP contribution in [0.3, 0.4) is 0 Å². The lowest BCUT2D eigenvalue weighted by Crippen LogP contribution is -2.48. The number of aldehydes is 1. The van der Waals surface area contributed by atoms with Crippen molar-refractivity contribution in [1.29, 1.82) is 0 Å². The zero-order valence-electron chi connectivity index (χ0n) is 11.9. The molecular formula is C12H26BNO2Si. The fourth-order valence-corrected chi connectivity index (χ4v) is 3.39. The van der Waals surface area contributed by atoms with Gasteiger partial charge in [-0.15, -0.1) is 0 Å². The van der Waals surface area contributed by atoms with E-state index >= 15 is 0 Å². The summed E-state index contributed by atoms with van der Waals surface area (Å²) >= 11 is 0. The van der Waals surface area contributed by atoms with Gasteiger partial charge >= 0.3 is 0 Å². The van der Waals surface area contributed by atoms with Crippen LogP contribution in [0.4, 0.5) is 0 Å². The van der Waals surface area contributed by atoms with E-state index in [1.807, 2.05) is 21.1 Å². The molecule has 0 aliphatic carbocycles. The van der Waals surface area contributed by atoms with Gasteiger partial charge in [0.25, 0.3) is 0 Å². The standard InChI is InChI=1S/C12H26BNO2Si/c1-12(2,17(3,4)16)8-10-6-5-7-14(13)11(10)9-15/h9-11,16H,5-8,13H2,1-4H3. The minimum absolute atomic E-state index is 0.0306.